The third-order valence-electron chi connectivity index (χ3n) is 4.98. The van der Waals surface area contributed by atoms with E-state index in [1.807, 2.05) is 54.4 Å². The monoisotopic (exact) mass is 525 g/mol. The molecule has 0 amide bonds. The van der Waals surface area contributed by atoms with Crippen LogP contribution in [-0.4, -0.2) is 76.4 Å². The van der Waals surface area contributed by atoms with Crippen molar-refractivity contribution in [2.75, 3.05) is 52.5 Å². The smallest absolute Gasteiger partial charge is 0.331 e. The van der Waals surface area contributed by atoms with Crippen molar-refractivity contribution in [2.24, 2.45) is 0 Å². The zero-order valence-corrected chi connectivity index (χ0v) is 21.5. The topological polar surface area (TPSA) is 133 Å². The van der Waals surface area contributed by atoms with Crippen LogP contribution in [-0.2, 0) is 44.7 Å². The Morgan fingerprint density at radius 2 is 1.45 bits per heavy atom. The Kier molecular flexibility index (Phi) is 12.7. The molecule has 0 aliphatic rings. The van der Waals surface area contributed by atoms with E-state index >= 15 is 0 Å². The van der Waals surface area contributed by atoms with Gasteiger partial charge >= 0.3 is 23.9 Å². The predicted octanol–water partition coefficient (Wildman–Crippen LogP) is 1.82. The Balaban J connectivity index is 1.84. The molecule has 1 aromatic heterocycles. The lowest BCUT2D eigenvalue weighted by Gasteiger charge is -2.18. The lowest BCUT2D eigenvalue weighted by Crippen LogP contribution is -2.24. The fourth-order valence-corrected chi connectivity index (χ4v) is 3.00. The largest absolute Gasteiger partial charge is 0.466 e. The molecule has 0 fully saturated rings. The van der Waals surface area contributed by atoms with Crippen LogP contribution < -0.4 is 10.2 Å². The number of nitrogens with one attached hydrogen (secondary N) is 1. The molecule has 0 aliphatic heterocycles. The number of pyridine rings is 1. The molecule has 202 valence electrons. The van der Waals surface area contributed by atoms with Crippen LogP contribution >= 0.6 is 0 Å². The van der Waals surface area contributed by atoms with Gasteiger partial charge < -0.3 is 29.2 Å². The van der Waals surface area contributed by atoms with Crippen molar-refractivity contribution < 1.29 is 38.1 Å². The molecular weight excluding hydrogens is 494 g/mol. The van der Waals surface area contributed by atoms with E-state index in [1.165, 1.54) is 14.2 Å². The number of rotatable bonds is 14. The highest BCUT2D eigenvalue weighted by Gasteiger charge is 2.08. The highest BCUT2D eigenvalue weighted by atomic mass is 16.5. The Labute approximate surface area is 221 Å². The van der Waals surface area contributed by atoms with Crippen molar-refractivity contribution in [3.63, 3.8) is 0 Å². The maximum atomic E-state index is 11.7. The van der Waals surface area contributed by atoms with Crippen LogP contribution in [0.1, 0.15) is 5.56 Å². The standard InChI is InChI=1S/C27H31N3O8/c1-30(15-17-38-27(34)13-11-25(32)36-3)23-9-5-8-22(29-23)21-7-4-6-20(18-21)19-28-14-16-37-26(33)12-10-24(31)35-2/h4-13,18,28H,14-17,19H2,1-3H3. The summed E-state index contributed by atoms with van der Waals surface area (Å²) in [4.78, 5) is 51.8. The minimum Gasteiger partial charge on any atom is -0.466 e. The summed E-state index contributed by atoms with van der Waals surface area (Å²) in [7, 11) is 4.28. The molecule has 0 unspecified atom stereocenters. The van der Waals surface area contributed by atoms with Gasteiger partial charge in [0.15, 0.2) is 0 Å². The Hall–Kier alpha value is -4.51. The van der Waals surface area contributed by atoms with E-state index in [0.29, 0.717) is 25.5 Å². The maximum Gasteiger partial charge on any atom is 0.331 e. The second-order valence-electron chi connectivity index (χ2n) is 7.73. The number of methoxy groups -OCH3 is 2. The zero-order chi connectivity index (χ0) is 27.8. The van der Waals surface area contributed by atoms with E-state index in [1.54, 1.807) is 0 Å². The second-order valence-corrected chi connectivity index (χ2v) is 7.73. The van der Waals surface area contributed by atoms with Crippen molar-refractivity contribution in [3.05, 3.63) is 72.3 Å². The summed E-state index contributed by atoms with van der Waals surface area (Å²) >= 11 is 0. The highest BCUT2D eigenvalue weighted by Crippen LogP contribution is 2.21. The molecule has 38 heavy (non-hydrogen) atoms. The van der Waals surface area contributed by atoms with E-state index in [-0.39, 0.29) is 13.2 Å². The van der Waals surface area contributed by atoms with Gasteiger partial charge in [-0.15, -0.1) is 0 Å². The van der Waals surface area contributed by atoms with Gasteiger partial charge in [-0.25, -0.2) is 24.2 Å². The first-order chi connectivity index (χ1) is 18.3. The van der Waals surface area contributed by atoms with Gasteiger partial charge in [-0.1, -0.05) is 24.3 Å². The van der Waals surface area contributed by atoms with Crippen molar-refractivity contribution in [2.45, 2.75) is 6.54 Å². The van der Waals surface area contributed by atoms with Crippen molar-refractivity contribution in [3.8, 4) is 11.3 Å². The zero-order valence-electron chi connectivity index (χ0n) is 21.5. The average Bonchev–Trinajstić information content (AvgIpc) is 2.94. The van der Waals surface area contributed by atoms with E-state index in [0.717, 1.165) is 41.1 Å². The van der Waals surface area contributed by atoms with E-state index in [9.17, 15) is 19.2 Å². The summed E-state index contributed by atoms with van der Waals surface area (Å²) in [5.74, 6) is -1.81. The molecule has 2 aromatic rings. The van der Waals surface area contributed by atoms with Gasteiger partial charge in [0.1, 0.15) is 19.0 Å². The van der Waals surface area contributed by atoms with Gasteiger partial charge in [-0.2, -0.15) is 0 Å². The molecule has 11 nitrogen and oxygen atoms in total. The van der Waals surface area contributed by atoms with Crippen LogP contribution in [0.2, 0.25) is 0 Å². The Morgan fingerprint density at radius 3 is 2.11 bits per heavy atom. The first-order valence-corrected chi connectivity index (χ1v) is 11.7. The van der Waals surface area contributed by atoms with Gasteiger partial charge in [0.05, 0.1) is 26.5 Å². The minimum atomic E-state index is -0.635. The summed E-state index contributed by atoms with van der Waals surface area (Å²) in [5.41, 5.74) is 2.73. The van der Waals surface area contributed by atoms with Crippen LogP contribution in [0.5, 0.6) is 0 Å². The minimum absolute atomic E-state index is 0.116. The number of hydrogen-bond acceptors (Lipinski definition) is 11. The average molecular weight is 526 g/mol. The van der Waals surface area contributed by atoms with Crippen LogP contribution in [0.3, 0.4) is 0 Å². The number of likely N-dealkylation sites (N-methyl/N-ethyl adjacent to an activating group) is 1. The number of nitrogens with zero attached hydrogens (tertiary/aromatic N) is 2. The van der Waals surface area contributed by atoms with E-state index in [4.69, 9.17) is 14.5 Å². The summed E-state index contributed by atoms with van der Waals surface area (Å²) in [6.45, 7) is 1.66. The van der Waals surface area contributed by atoms with Crippen LogP contribution in [0.4, 0.5) is 5.82 Å². The fourth-order valence-electron chi connectivity index (χ4n) is 3.00. The molecule has 11 heteroatoms. The first kappa shape index (κ1) is 29.7. The fraction of sp³-hybridized carbons (Fsp3) is 0.296. The van der Waals surface area contributed by atoms with Gasteiger partial charge in [-0.05, 0) is 23.8 Å². The quantitative estimate of drug-likeness (QED) is 0.168. The van der Waals surface area contributed by atoms with Crippen LogP contribution in [0, 0.1) is 0 Å². The van der Waals surface area contributed by atoms with E-state index in [2.05, 4.69) is 14.8 Å². The number of anilines is 1. The molecular formula is C27H31N3O8. The third-order valence-corrected chi connectivity index (χ3v) is 4.98. The number of benzene rings is 1. The van der Waals surface area contributed by atoms with Crippen LogP contribution in [0.15, 0.2) is 66.8 Å². The lowest BCUT2D eigenvalue weighted by atomic mass is 10.1. The number of hydrogen-bond donors (Lipinski definition) is 1. The maximum absolute atomic E-state index is 11.7. The molecule has 0 bridgehead atoms. The summed E-state index contributed by atoms with van der Waals surface area (Å²) in [5, 5.41) is 3.20. The number of aromatic nitrogens is 1. The van der Waals surface area contributed by atoms with Gasteiger partial charge in [0.2, 0.25) is 0 Å². The van der Waals surface area contributed by atoms with Crippen LogP contribution in [0.25, 0.3) is 11.3 Å². The molecule has 0 saturated heterocycles. The van der Waals surface area contributed by atoms with E-state index < -0.39 is 23.9 Å². The number of carbonyl (C=O) groups is 4. The number of carbonyl (C=O) groups excluding carboxylic acids is 4. The van der Waals surface area contributed by atoms with Gasteiger partial charge in [0.25, 0.3) is 0 Å². The first-order valence-electron chi connectivity index (χ1n) is 11.7. The highest BCUT2D eigenvalue weighted by molar-refractivity contribution is 5.92. The molecule has 1 aromatic carbocycles. The summed E-state index contributed by atoms with van der Waals surface area (Å²) in [6.07, 6.45) is 4.04. The molecule has 2 rings (SSSR count). The Morgan fingerprint density at radius 1 is 0.842 bits per heavy atom. The van der Waals surface area contributed by atoms with Gasteiger partial charge in [-0.3, -0.25) is 0 Å². The summed E-state index contributed by atoms with van der Waals surface area (Å²) in [6, 6.07) is 13.5. The van der Waals surface area contributed by atoms with Crippen molar-refractivity contribution in [1.82, 2.24) is 10.3 Å². The third kappa shape index (κ3) is 11.0. The molecule has 0 aliphatic carbocycles. The number of esters is 4. The molecule has 1 heterocycles. The van der Waals surface area contributed by atoms with Gasteiger partial charge in [0, 0.05) is 50.0 Å². The molecule has 0 saturated carbocycles. The SMILES string of the molecule is COC(=O)C=CC(=O)OCCNCc1cccc(-c2cccc(N(C)CCOC(=O)C=CC(=O)OC)n2)c1. The second kappa shape index (κ2) is 16.3. The molecule has 0 spiro atoms. The van der Waals surface area contributed by atoms with Crippen molar-refractivity contribution >= 4 is 29.7 Å². The normalized spacial score (nSPS) is 10.8. The summed E-state index contributed by atoms with van der Waals surface area (Å²) < 4.78 is 18.9. The molecule has 1 N–H and O–H groups in total. The predicted molar refractivity (Wildman–Crippen MR) is 139 cm³/mol. The molecule has 0 atom stereocenters. The van der Waals surface area contributed by atoms with Crippen molar-refractivity contribution in [1.29, 1.82) is 0 Å². The lowest BCUT2D eigenvalue weighted by molar-refractivity contribution is -0.139. The Bertz CT molecular complexity index is 1160. The number of ether oxygens (including phenoxy) is 4. The molecule has 0 radical (unpaired) electrons.